The molecule has 7 nitrogen and oxygen atoms in total. The number of nitrogens with zero attached hydrogens (tertiary/aromatic N) is 3. The number of carbonyl (C=O) groups is 2. The van der Waals surface area contributed by atoms with E-state index in [9.17, 15) is 14.0 Å². The molecular weight excluding hydrogens is 399 g/mol. The number of H-pyrrole nitrogens is 1. The second-order valence-corrected chi connectivity index (χ2v) is 8.59. The monoisotopic (exact) mass is 428 g/mol. The number of carbonyl (C=O) groups excluding carboxylic acids is 2. The molecule has 166 valence electrons. The van der Waals surface area contributed by atoms with Gasteiger partial charge in [0.15, 0.2) is 0 Å². The minimum atomic E-state index is -0.349. The van der Waals surface area contributed by atoms with Crippen molar-refractivity contribution in [1.82, 2.24) is 20.0 Å². The van der Waals surface area contributed by atoms with Crippen molar-refractivity contribution in [1.29, 1.82) is 0 Å². The third kappa shape index (κ3) is 4.79. The maximum absolute atomic E-state index is 13.9. The lowest BCUT2D eigenvalue weighted by Gasteiger charge is -2.36. The number of likely N-dealkylation sites (tertiary alicyclic amines) is 1. The van der Waals surface area contributed by atoms with Gasteiger partial charge in [-0.25, -0.2) is 4.39 Å². The molecule has 0 saturated carbocycles. The lowest BCUT2D eigenvalue weighted by molar-refractivity contribution is -0.131. The van der Waals surface area contributed by atoms with E-state index in [2.05, 4.69) is 10.2 Å². The highest BCUT2D eigenvalue weighted by Gasteiger charge is 2.32. The van der Waals surface area contributed by atoms with Gasteiger partial charge in [-0.1, -0.05) is 18.2 Å². The average molecular weight is 429 g/mol. The molecule has 0 radical (unpaired) electrons. The fraction of sp³-hybridized carbons (Fsp3) is 0.522. The molecule has 0 bridgehead atoms. The Kier molecular flexibility index (Phi) is 6.36. The summed E-state index contributed by atoms with van der Waals surface area (Å²) in [7, 11) is 0. The van der Waals surface area contributed by atoms with Crippen LogP contribution >= 0.6 is 0 Å². The summed E-state index contributed by atoms with van der Waals surface area (Å²) in [6.45, 7) is 6.24. The lowest BCUT2D eigenvalue weighted by Crippen LogP contribution is -2.48. The van der Waals surface area contributed by atoms with Crippen LogP contribution in [0.15, 0.2) is 30.5 Å². The summed E-state index contributed by atoms with van der Waals surface area (Å²) < 4.78 is 19.6. The van der Waals surface area contributed by atoms with Gasteiger partial charge in [-0.2, -0.15) is 5.10 Å². The van der Waals surface area contributed by atoms with Crippen LogP contribution < -0.4 is 0 Å². The van der Waals surface area contributed by atoms with Crippen LogP contribution in [0.2, 0.25) is 0 Å². The van der Waals surface area contributed by atoms with E-state index < -0.39 is 0 Å². The molecule has 3 heterocycles. The maximum Gasteiger partial charge on any atom is 0.257 e. The van der Waals surface area contributed by atoms with E-state index in [4.69, 9.17) is 4.74 Å². The Labute approximate surface area is 181 Å². The molecule has 2 unspecified atom stereocenters. The molecule has 2 amide bonds. The molecule has 2 aliphatic rings. The zero-order valence-corrected chi connectivity index (χ0v) is 18.0. The predicted molar refractivity (Wildman–Crippen MR) is 113 cm³/mol. The molecule has 2 aromatic rings. The van der Waals surface area contributed by atoms with E-state index in [1.807, 2.05) is 18.7 Å². The van der Waals surface area contributed by atoms with Gasteiger partial charge in [0.2, 0.25) is 5.91 Å². The molecular formula is C23H29FN4O3. The first-order chi connectivity index (χ1) is 14.9. The van der Waals surface area contributed by atoms with E-state index in [0.29, 0.717) is 37.3 Å². The van der Waals surface area contributed by atoms with Gasteiger partial charge < -0.3 is 14.5 Å². The van der Waals surface area contributed by atoms with Crippen molar-refractivity contribution in [3.05, 3.63) is 53.1 Å². The van der Waals surface area contributed by atoms with E-state index >= 15 is 0 Å². The van der Waals surface area contributed by atoms with E-state index in [-0.39, 0.29) is 42.2 Å². The summed E-state index contributed by atoms with van der Waals surface area (Å²) >= 11 is 0. The van der Waals surface area contributed by atoms with Gasteiger partial charge in [0, 0.05) is 32.1 Å². The largest absolute Gasteiger partial charge is 0.372 e. The van der Waals surface area contributed by atoms with Crippen LogP contribution in [0.25, 0.3) is 0 Å². The summed E-state index contributed by atoms with van der Waals surface area (Å²) in [4.78, 5) is 29.4. The summed E-state index contributed by atoms with van der Waals surface area (Å²) in [5.41, 5.74) is 1.88. The molecule has 31 heavy (non-hydrogen) atoms. The number of aromatic nitrogens is 2. The number of nitrogens with one attached hydrogen (secondary N) is 1. The number of piperidine rings is 1. The predicted octanol–water partition coefficient (Wildman–Crippen LogP) is 2.75. The number of amides is 2. The number of morpholine rings is 1. The van der Waals surface area contributed by atoms with E-state index in [1.54, 1.807) is 29.3 Å². The normalized spacial score (nSPS) is 22.5. The van der Waals surface area contributed by atoms with Crippen molar-refractivity contribution in [2.45, 2.75) is 51.2 Å². The Morgan fingerprint density at radius 3 is 2.48 bits per heavy atom. The third-order valence-electron chi connectivity index (χ3n) is 6.16. The van der Waals surface area contributed by atoms with Gasteiger partial charge in [0.05, 0.1) is 36.1 Å². The molecule has 1 aromatic heterocycles. The number of rotatable bonds is 4. The number of benzene rings is 1. The van der Waals surface area contributed by atoms with Gasteiger partial charge in [0.1, 0.15) is 5.82 Å². The Bertz CT molecular complexity index is 928. The molecule has 1 aromatic carbocycles. The van der Waals surface area contributed by atoms with Crippen LogP contribution in [0.5, 0.6) is 0 Å². The molecule has 0 spiro atoms. The fourth-order valence-corrected chi connectivity index (χ4v) is 4.63. The number of ether oxygens (including phenoxy) is 1. The molecule has 2 saturated heterocycles. The number of hydrogen-bond acceptors (Lipinski definition) is 4. The number of aromatic amines is 1. The standard InChI is InChI=1S/C23H29FN4O3/c1-15-13-28(14-16(2)31-15)23(30)19-12-25-26-22(19)17-7-9-27(10-8-17)21(29)11-18-5-3-4-6-20(18)24/h3-6,12,15-17H,7-11,13-14H2,1-2H3,(H,25,26). The average Bonchev–Trinajstić information content (AvgIpc) is 3.24. The third-order valence-corrected chi connectivity index (χ3v) is 6.16. The van der Waals surface area contributed by atoms with Gasteiger partial charge in [-0.3, -0.25) is 14.7 Å². The minimum Gasteiger partial charge on any atom is -0.372 e. The van der Waals surface area contributed by atoms with Crippen LogP contribution in [0, 0.1) is 5.82 Å². The van der Waals surface area contributed by atoms with Gasteiger partial charge in [0.25, 0.3) is 5.91 Å². The van der Waals surface area contributed by atoms with E-state index in [1.165, 1.54) is 6.07 Å². The second-order valence-electron chi connectivity index (χ2n) is 8.59. The van der Waals surface area contributed by atoms with Crippen LogP contribution in [0.4, 0.5) is 4.39 Å². The molecule has 8 heteroatoms. The van der Waals surface area contributed by atoms with Gasteiger partial charge >= 0.3 is 0 Å². The van der Waals surface area contributed by atoms with Gasteiger partial charge in [-0.15, -0.1) is 0 Å². The van der Waals surface area contributed by atoms with Crippen molar-refractivity contribution in [3.63, 3.8) is 0 Å². The molecule has 0 aliphatic carbocycles. The summed E-state index contributed by atoms with van der Waals surface area (Å²) in [5.74, 6) is -0.308. The van der Waals surface area contributed by atoms with Crippen molar-refractivity contribution in [3.8, 4) is 0 Å². The molecule has 2 atom stereocenters. The first-order valence-corrected chi connectivity index (χ1v) is 10.9. The maximum atomic E-state index is 13.9. The smallest absolute Gasteiger partial charge is 0.257 e. The SMILES string of the molecule is CC1CN(C(=O)c2cn[nH]c2C2CCN(C(=O)Cc3ccccc3F)CC2)CC(C)O1. The van der Waals surface area contributed by atoms with Crippen molar-refractivity contribution in [2.75, 3.05) is 26.2 Å². The summed E-state index contributed by atoms with van der Waals surface area (Å²) in [6.07, 6.45) is 3.16. The molecule has 1 N–H and O–H groups in total. The number of halogens is 1. The Balaban J connectivity index is 1.38. The minimum absolute atomic E-state index is 0.00625. The molecule has 2 aliphatic heterocycles. The van der Waals surface area contributed by atoms with Crippen molar-refractivity contribution >= 4 is 11.8 Å². The van der Waals surface area contributed by atoms with Crippen LogP contribution in [-0.2, 0) is 16.0 Å². The first-order valence-electron chi connectivity index (χ1n) is 10.9. The molecule has 2 fully saturated rings. The van der Waals surface area contributed by atoms with Crippen LogP contribution in [0.1, 0.15) is 54.2 Å². The highest BCUT2D eigenvalue weighted by Crippen LogP contribution is 2.30. The fourth-order valence-electron chi connectivity index (χ4n) is 4.63. The Hall–Kier alpha value is -2.74. The summed E-state index contributed by atoms with van der Waals surface area (Å²) in [6, 6.07) is 6.39. The summed E-state index contributed by atoms with van der Waals surface area (Å²) in [5, 5.41) is 7.17. The van der Waals surface area contributed by atoms with Crippen molar-refractivity contribution < 1.29 is 18.7 Å². The highest BCUT2D eigenvalue weighted by molar-refractivity contribution is 5.95. The Morgan fingerprint density at radius 1 is 1.13 bits per heavy atom. The van der Waals surface area contributed by atoms with Crippen LogP contribution in [0.3, 0.4) is 0 Å². The topological polar surface area (TPSA) is 78.5 Å². The zero-order valence-electron chi connectivity index (χ0n) is 18.0. The molecule has 4 rings (SSSR count). The van der Waals surface area contributed by atoms with Crippen LogP contribution in [-0.4, -0.2) is 70.2 Å². The second kappa shape index (κ2) is 9.18. The van der Waals surface area contributed by atoms with Crippen molar-refractivity contribution in [2.24, 2.45) is 0 Å². The van der Waals surface area contributed by atoms with Gasteiger partial charge in [-0.05, 0) is 38.3 Å². The van der Waals surface area contributed by atoms with E-state index in [0.717, 1.165) is 18.5 Å². The quantitative estimate of drug-likeness (QED) is 0.812. The zero-order chi connectivity index (χ0) is 22.0. The number of hydrogen-bond donors (Lipinski definition) is 1. The first kappa shape index (κ1) is 21.5. The highest BCUT2D eigenvalue weighted by atomic mass is 19.1. The lowest BCUT2D eigenvalue weighted by atomic mass is 9.90. The Morgan fingerprint density at radius 2 is 1.81 bits per heavy atom.